The molecule has 0 saturated carbocycles. The Bertz CT molecular complexity index is 635. The van der Waals surface area contributed by atoms with Crippen molar-refractivity contribution in [2.45, 2.75) is 6.54 Å². The van der Waals surface area contributed by atoms with Gasteiger partial charge >= 0.3 is 0 Å². The van der Waals surface area contributed by atoms with E-state index >= 15 is 0 Å². The first kappa shape index (κ1) is 10.9. The van der Waals surface area contributed by atoms with E-state index in [1.54, 1.807) is 10.8 Å². The van der Waals surface area contributed by atoms with E-state index in [1.807, 2.05) is 24.3 Å². The highest BCUT2D eigenvalue weighted by Gasteiger charge is 2.05. The number of rotatable bonds is 3. The first-order valence-electron chi connectivity index (χ1n) is 4.99. The van der Waals surface area contributed by atoms with Crippen molar-refractivity contribution in [2.75, 3.05) is 0 Å². The lowest BCUT2D eigenvalue weighted by molar-refractivity contribution is -0.400. The van der Waals surface area contributed by atoms with E-state index in [1.165, 1.54) is 6.08 Å². The number of hydrogen-bond acceptors (Lipinski definition) is 3. The minimum atomic E-state index is -0.504. The summed E-state index contributed by atoms with van der Waals surface area (Å²) >= 11 is 0. The Balaban J connectivity index is 2.57. The zero-order chi connectivity index (χ0) is 12.3. The normalized spacial score (nSPS) is 10.8. The van der Waals surface area contributed by atoms with E-state index in [0.29, 0.717) is 0 Å². The largest absolute Gasteiger partial charge is 0.333 e. The van der Waals surface area contributed by atoms with Gasteiger partial charge in [-0.25, -0.2) is 0 Å². The lowest BCUT2D eigenvalue weighted by Crippen LogP contribution is -1.91. The molecule has 84 valence electrons. The van der Waals surface area contributed by atoms with Crippen molar-refractivity contribution < 1.29 is 4.92 Å². The fourth-order valence-electron chi connectivity index (χ4n) is 1.76. The number of hydrogen-bond donors (Lipinski definition) is 0. The van der Waals surface area contributed by atoms with Crippen LogP contribution in [0.5, 0.6) is 0 Å². The molecule has 0 unspecified atom stereocenters. The maximum Gasteiger partial charge on any atom is 0.235 e. The molecule has 0 radical (unpaired) electrons. The lowest BCUT2D eigenvalue weighted by atomic mass is 10.2. The third-order valence-electron chi connectivity index (χ3n) is 2.44. The Hall–Kier alpha value is -2.61. The van der Waals surface area contributed by atoms with Gasteiger partial charge in [-0.1, -0.05) is 18.2 Å². The Morgan fingerprint density at radius 3 is 2.94 bits per heavy atom. The summed E-state index contributed by atoms with van der Waals surface area (Å²) in [5.74, 6) is 0. The van der Waals surface area contributed by atoms with E-state index in [2.05, 4.69) is 6.07 Å². The van der Waals surface area contributed by atoms with Gasteiger partial charge in [-0.3, -0.25) is 10.1 Å². The summed E-state index contributed by atoms with van der Waals surface area (Å²) in [4.78, 5) is 9.80. The molecular formula is C12H9N3O2. The van der Waals surface area contributed by atoms with Gasteiger partial charge in [0.25, 0.3) is 0 Å². The molecule has 0 amide bonds. The van der Waals surface area contributed by atoms with Gasteiger partial charge in [-0.05, 0) is 6.07 Å². The predicted molar refractivity (Wildman–Crippen MR) is 63.6 cm³/mol. The minimum Gasteiger partial charge on any atom is -0.333 e. The number of benzene rings is 1. The van der Waals surface area contributed by atoms with E-state index in [9.17, 15) is 10.1 Å². The highest BCUT2D eigenvalue weighted by Crippen LogP contribution is 2.22. The topological polar surface area (TPSA) is 71.9 Å². The van der Waals surface area contributed by atoms with Crippen molar-refractivity contribution in [1.29, 1.82) is 5.26 Å². The molecule has 0 spiro atoms. The highest BCUT2D eigenvalue weighted by molar-refractivity contribution is 5.89. The van der Waals surface area contributed by atoms with Crippen LogP contribution < -0.4 is 0 Å². The maximum atomic E-state index is 10.3. The van der Waals surface area contributed by atoms with Gasteiger partial charge in [0.15, 0.2) is 0 Å². The smallest absolute Gasteiger partial charge is 0.235 e. The first-order valence-corrected chi connectivity index (χ1v) is 4.99. The third kappa shape index (κ3) is 2.16. The quantitative estimate of drug-likeness (QED) is 0.597. The van der Waals surface area contributed by atoms with Gasteiger partial charge in [-0.15, -0.1) is 0 Å². The maximum absolute atomic E-state index is 10.3. The average molecular weight is 227 g/mol. The monoisotopic (exact) mass is 227 g/mol. The summed E-state index contributed by atoms with van der Waals surface area (Å²) in [6, 6.07) is 9.56. The molecule has 0 atom stereocenters. The van der Waals surface area contributed by atoms with Crippen LogP contribution in [0.3, 0.4) is 0 Å². The molecule has 2 rings (SSSR count). The minimum absolute atomic E-state index is 0.229. The number of para-hydroxylation sites is 1. The number of fused-ring (bicyclic) bond motifs is 1. The number of nitriles is 1. The number of nitro groups is 1. The molecule has 0 aliphatic rings. The second kappa shape index (κ2) is 4.49. The zero-order valence-electron chi connectivity index (χ0n) is 8.91. The molecule has 17 heavy (non-hydrogen) atoms. The second-order valence-corrected chi connectivity index (χ2v) is 3.49. The molecule has 1 aromatic carbocycles. The zero-order valence-corrected chi connectivity index (χ0v) is 8.91. The highest BCUT2D eigenvalue weighted by atomic mass is 16.6. The molecule has 1 heterocycles. The van der Waals surface area contributed by atoms with Crippen LogP contribution in [0.15, 0.2) is 36.7 Å². The van der Waals surface area contributed by atoms with E-state index < -0.39 is 4.92 Å². The van der Waals surface area contributed by atoms with Gasteiger partial charge in [0, 0.05) is 28.7 Å². The molecule has 0 fully saturated rings. The second-order valence-electron chi connectivity index (χ2n) is 3.49. The summed E-state index contributed by atoms with van der Waals surface area (Å²) in [6.45, 7) is 0.229. The Morgan fingerprint density at radius 1 is 1.47 bits per heavy atom. The molecule has 0 N–H and O–H groups in total. The third-order valence-corrected chi connectivity index (χ3v) is 2.44. The Morgan fingerprint density at radius 2 is 2.24 bits per heavy atom. The summed E-state index contributed by atoms with van der Waals surface area (Å²) in [6.07, 6.45) is 4.09. The van der Waals surface area contributed by atoms with Crippen LogP contribution in [0.4, 0.5) is 0 Å². The van der Waals surface area contributed by atoms with Crippen molar-refractivity contribution >= 4 is 17.0 Å². The molecule has 5 heteroatoms. The fraction of sp³-hybridized carbons (Fsp3) is 0.0833. The van der Waals surface area contributed by atoms with Gasteiger partial charge < -0.3 is 4.57 Å². The van der Waals surface area contributed by atoms with Crippen LogP contribution in [0, 0.1) is 21.4 Å². The lowest BCUT2D eigenvalue weighted by Gasteiger charge is -1.96. The molecule has 0 aliphatic heterocycles. The molecule has 0 aliphatic carbocycles. The predicted octanol–water partition coefficient (Wildman–Crippen LogP) is 2.41. The Labute approximate surface area is 97.3 Å². The number of nitrogens with zero attached hydrogens (tertiary/aromatic N) is 3. The van der Waals surface area contributed by atoms with Gasteiger partial charge in [0.2, 0.25) is 6.20 Å². The van der Waals surface area contributed by atoms with Crippen molar-refractivity contribution in [1.82, 2.24) is 4.57 Å². The Kier molecular flexibility index (Phi) is 2.88. The number of aromatic nitrogens is 1. The molecule has 1 aromatic heterocycles. The summed E-state index contributed by atoms with van der Waals surface area (Å²) in [5, 5.41) is 19.9. The van der Waals surface area contributed by atoms with Crippen LogP contribution >= 0.6 is 0 Å². The first-order chi connectivity index (χ1) is 8.22. The van der Waals surface area contributed by atoms with E-state index in [0.717, 1.165) is 22.7 Å². The fourth-order valence-corrected chi connectivity index (χ4v) is 1.76. The SMILES string of the molecule is N#CCn1cc(C=C[N+](=O)[O-])c2ccccc21. The van der Waals surface area contributed by atoms with Crippen molar-refractivity contribution in [3.05, 3.63) is 52.3 Å². The van der Waals surface area contributed by atoms with E-state index in [-0.39, 0.29) is 6.54 Å². The van der Waals surface area contributed by atoms with E-state index in [4.69, 9.17) is 5.26 Å². The molecule has 0 saturated heterocycles. The van der Waals surface area contributed by atoms with Crippen molar-refractivity contribution in [2.24, 2.45) is 0 Å². The van der Waals surface area contributed by atoms with Crippen LogP contribution in [0.2, 0.25) is 0 Å². The van der Waals surface area contributed by atoms with Crippen LogP contribution in [0.1, 0.15) is 5.56 Å². The summed E-state index contributed by atoms with van der Waals surface area (Å²) in [7, 11) is 0. The van der Waals surface area contributed by atoms with Crippen LogP contribution in [-0.2, 0) is 6.54 Å². The van der Waals surface area contributed by atoms with Crippen LogP contribution in [-0.4, -0.2) is 9.49 Å². The summed E-state index contributed by atoms with van der Waals surface area (Å²) in [5.41, 5.74) is 1.64. The molecule has 2 aromatic rings. The summed E-state index contributed by atoms with van der Waals surface area (Å²) < 4.78 is 1.77. The molecular weight excluding hydrogens is 218 g/mol. The molecule has 5 nitrogen and oxygen atoms in total. The molecule has 0 bridgehead atoms. The van der Waals surface area contributed by atoms with Gasteiger partial charge in [0.05, 0.1) is 11.0 Å². The standard InChI is InChI=1S/C12H9N3O2/c13-6-8-14-9-10(5-7-15(16)17)11-3-1-2-4-12(11)14/h1-5,7,9H,8H2. The van der Waals surface area contributed by atoms with Crippen molar-refractivity contribution in [3.8, 4) is 6.07 Å². The van der Waals surface area contributed by atoms with Crippen LogP contribution in [0.25, 0.3) is 17.0 Å². The average Bonchev–Trinajstić information content (AvgIpc) is 2.66. The van der Waals surface area contributed by atoms with Gasteiger partial charge in [0.1, 0.15) is 6.54 Å². The van der Waals surface area contributed by atoms with Gasteiger partial charge in [-0.2, -0.15) is 5.26 Å². The van der Waals surface area contributed by atoms with Crippen molar-refractivity contribution in [3.63, 3.8) is 0 Å².